The van der Waals surface area contributed by atoms with E-state index in [-0.39, 0.29) is 24.8 Å². The Morgan fingerprint density at radius 1 is 1.15 bits per heavy atom. The number of hydrogen-bond donors (Lipinski definition) is 0. The Morgan fingerprint density at radius 3 is 2.70 bits per heavy atom. The molecule has 138 valence electrons. The molecular weight excluding hydrogens is 383 g/mol. The van der Waals surface area contributed by atoms with Crippen molar-refractivity contribution in [1.29, 1.82) is 5.26 Å². The molecule has 27 heavy (non-hydrogen) atoms. The minimum Gasteiger partial charge on any atom is -0.327 e. The second-order valence-electron chi connectivity index (χ2n) is 5.71. The summed E-state index contributed by atoms with van der Waals surface area (Å²) in [6.07, 6.45) is 7.29. The molecule has 0 aliphatic heterocycles. The number of nitrogens with zero attached hydrogens (tertiary/aromatic N) is 6. The highest BCUT2D eigenvalue weighted by atomic mass is 35.5. The van der Waals surface area contributed by atoms with Crippen LogP contribution >= 0.6 is 24.8 Å². The number of nitriles is 1. The lowest BCUT2D eigenvalue weighted by Gasteiger charge is -2.09. The van der Waals surface area contributed by atoms with Gasteiger partial charge in [-0.1, -0.05) is 0 Å². The average molecular weight is 401 g/mol. The van der Waals surface area contributed by atoms with Crippen molar-refractivity contribution < 1.29 is 0 Å². The van der Waals surface area contributed by atoms with Crippen LogP contribution in [-0.2, 0) is 13.1 Å². The summed E-state index contributed by atoms with van der Waals surface area (Å²) in [5.41, 5.74) is 3.48. The first kappa shape index (κ1) is 20.4. The molecule has 1 aromatic carbocycles. The van der Waals surface area contributed by atoms with Crippen LogP contribution in [0.15, 0.2) is 55.1 Å². The van der Waals surface area contributed by atoms with Crippen LogP contribution in [0.5, 0.6) is 0 Å². The Balaban J connectivity index is 0.00000131. The van der Waals surface area contributed by atoms with E-state index in [1.54, 1.807) is 18.6 Å². The summed E-state index contributed by atoms with van der Waals surface area (Å²) < 4.78 is 4.24. The van der Waals surface area contributed by atoms with Gasteiger partial charge in [-0.3, -0.25) is 4.98 Å². The van der Waals surface area contributed by atoms with E-state index in [1.807, 2.05) is 36.5 Å². The highest BCUT2D eigenvalue weighted by molar-refractivity contribution is 5.85. The fourth-order valence-electron chi connectivity index (χ4n) is 3.07. The van der Waals surface area contributed by atoms with Gasteiger partial charge in [0, 0.05) is 36.9 Å². The Kier molecular flexibility index (Phi) is 6.56. The fourth-order valence-corrected chi connectivity index (χ4v) is 3.07. The summed E-state index contributed by atoms with van der Waals surface area (Å²) in [7, 11) is 0. The first-order valence-electron chi connectivity index (χ1n) is 8.11. The lowest BCUT2D eigenvalue weighted by Crippen LogP contribution is -2.08. The second-order valence-corrected chi connectivity index (χ2v) is 5.71. The quantitative estimate of drug-likeness (QED) is 0.517. The average Bonchev–Trinajstić information content (AvgIpc) is 3.25. The van der Waals surface area contributed by atoms with Crippen LogP contribution in [0.1, 0.15) is 18.3 Å². The molecule has 0 saturated heterocycles. The minimum atomic E-state index is 0. The van der Waals surface area contributed by atoms with Crippen molar-refractivity contribution >= 4 is 35.8 Å². The molecule has 0 spiro atoms. The fraction of sp³-hybridized carbons (Fsp3) is 0.158. The number of aromatic nitrogens is 5. The third-order valence-electron chi connectivity index (χ3n) is 4.22. The van der Waals surface area contributed by atoms with Gasteiger partial charge in [0.15, 0.2) is 0 Å². The maximum atomic E-state index is 9.10. The Labute approximate surface area is 169 Å². The highest BCUT2D eigenvalue weighted by Gasteiger charge is 2.13. The molecule has 0 bridgehead atoms. The number of fused-ring (bicyclic) bond motifs is 1. The number of aryl methyl sites for hydroxylation is 1. The molecule has 0 radical (unpaired) electrons. The molecule has 0 aliphatic rings. The molecule has 0 unspecified atom stereocenters. The molecule has 0 fully saturated rings. The Morgan fingerprint density at radius 2 is 2.00 bits per heavy atom. The Hall–Kier alpha value is -2.88. The van der Waals surface area contributed by atoms with Gasteiger partial charge in [0.25, 0.3) is 0 Å². The summed E-state index contributed by atoms with van der Waals surface area (Å²) >= 11 is 0. The molecule has 0 saturated carbocycles. The number of halogens is 2. The molecule has 4 aromatic rings. The van der Waals surface area contributed by atoms with E-state index < -0.39 is 0 Å². The van der Waals surface area contributed by atoms with Gasteiger partial charge in [-0.25, -0.2) is 9.97 Å². The van der Waals surface area contributed by atoms with Crippen LogP contribution in [0.25, 0.3) is 22.4 Å². The van der Waals surface area contributed by atoms with Gasteiger partial charge in [0.05, 0.1) is 29.2 Å². The van der Waals surface area contributed by atoms with Gasteiger partial charge in [-0.05, 0) is 37.3 Å². The van der Waals surface area contributed by atoms with Gasteiger partial charge in [-0.2, -0.15) is 5.26 Å². The Bertz CT molecular complexity index is 1080. The zero-order valence-corrected chi connectivity index (χ0v) is 16.2. The molecule has 0 amide bonds. The maximum absolute atomic E-state index is 9.10. The predicted molar refractivity (Wildman–Crippen MR) is 109 cm³/mol. The highest BCUT2D eigenvalue weighted by Crippen LogP contribution is 2.21. The second kappa shape index (κ2) is 8.67. The molecule has 3 aromatic heterocycles. The van der Waals surface area contributed by atoms with Crippen molar-refractivity contribution in [3.8, 4) is 17.5 Å². The summed E-state index contributed by atoms with van der Waals surface area (Å²) in [5, 5.41) is 9.10. The first-order chi connectivity index (χ1) is 12.3. The van der Waals surface area contributed by atoms with E-state index in [0.717, 1.165) is 34.8 Å². The van der Waals surface area contributed by atoms with Gasteiger partial charge >= 0.3 is 0 Å². The summed E-state index contributed by atoms with van der Waals surface area (Å²) in [5.74, 6) is 1.80. The van der Waals surface area contributed by atoms with Crippen LogP contribution in [0.2, 0.25) is 0 Å². The lowest BCUT2D eigenvalue weighted by molar-refractivity contribution is 0.667. The first-order valence-corrected chi connectivity index (χ1v) is 8.11. The molecule has 6 nitrogen and oxygen atoms in total. The van der Waals surface area contributed by atoms with Crippen molar-refractivity contribution in [2.45, 2.75) is 20.0 Å². The minimum absolute atomic E-state index is 0. The predicted octanol–water partition coefficient (Wildman–Crippen LogP) is 4.08. The van der Waals surface area contributed by atoms with Crippen molar-refractivity contribution in [2.75, 3.05) is 0 Å². The van der Waals surface area contributed by atoms with Gasteiger partial charge in [-0.15, -0.1) is 24.8 Å². The van der Waals surface area contributed by atoms with Crippen LogP contribution in [0, 0.1) is 11.3 Å². The van der Waals surface area contributed by atoms with Gasteiger partial charge < -0.3 is 9.13 Å². The molecular formula is C19H18Cl2N6. The molecule has 4 rings (SSSR count). The smallest absolute Gasteiger partial charge is 0.141 e. The molecule has 0 N–H and O–H groups in total. The zero-order valence-electron chi connectivity index (χ0n) is 14.6. The molecule has 3 heterocycles. The zero-order chi connectivity index (χ0) is 17.2. The van der Waals surface area contributed by atoms with E-state index in [2.05, 4.69) is 32.1 Å². The van der Waals surface area contributed by atoms with Crippen molar-refractivity contribution in [1.82, 2.24) is 24.1 Å². The van der Waals surface area contributed by atoms with E-state index in [9.17, 15) is 0 Å². The summed E-state index contributed by atoms with van der Waals surface area (Å²) in [4.78, 5) is 13.4. The molecule has 0 atom stereocenters. The van der Waals surface area contributed by atoms with Gasteiger partial charge in [0.2, 0.25) is 0 Å². The van der Waals surface area contributed by atoms with E-state index >= 15 is 0 Å². The number of hydrogen-bond acceptors (Lipinski definition) is 4. The normalized spacial score (nSPS) is 10.1. The van der Waals surface area contributed by atoms with Crippen molar-refractivity contribution in [3.05, 3.63) is 66.5 Å². The van der Waals surface area contributed by atoms with Gasteiger partial charge in [0.1, 0.15) is 11.6 Å². The van der Waals surface area contributed by atoms with E-state index in [0.29, 0.717) is 12.1 Å². The maximum Gasteiger partial charge on any atom is 0.141 e. The number of imidazole rings is 2. The monoisotopic (exact) mass is 400 g/mol. The van der Waals surface area contributed by atoms with Crippen LogP contribution < -0.4 is 0 Å². The SMILES string of the molecule is CCn1c(Cn2ccnc2-c2cccnc2)nc2cc(C#N)ccc21.Cl.Cl. The van der Waals surface area contributed by atoms with Crippen molar-refractivity contribution in [3.63, 3.8) is 0 Å². The number of pyridine rings is 1. The third-order valence-corrected chi connectivity index (χ3v) is 4.22. The number of benzene rings is 1. The van der Waals surface area contributed by atoms with Crippen LogP contribution in [0.4, 0.5) is 0 Å². The molecule has 8 heteroatoms. The molecule has 0 aliphatic carbocycles. The van der Waals surface area contributed by atoms with E-state index in [1.165, 1.54) is 0 Å². The number of rotatable bonds is 4. The summed E-state index contributed by atoms with van der Waals surface area (Å²) in [6.45, 7) is 3.52. The van der Waals surface area contributed by atoms with Crippen LogP contribution in [-0.4, -0.2) is 24.1 Å². The standard InChI is InChI=1S/C19H16N6.2ClH/c1-2-25-17-6-5-14(11-20)10-16(17)23-18(25)13-24-9-8-22-19(24)15-4-3-7-21-12-15;;/h3-10,12H,2,13H2,1H3;2*1H. The van der Waals surface area contributed by atoms with Crippen molar-refractivity contribution in [2.24, 2.45) is 0 Å². The van der Waals surface area contributed by atoms with E-state index in [4.69, 9.17) is 10.2 Å². The lowest BCUT2D eigenvalue weighted by atomic mass is 10.2. The van der Waals surface area contributed by atoms with Crippen LogP contribution in [0.3, 0.4) is 0 Å². The topological polar surface area (TPSA) is 72.3 Å². The summed E-state index contributed by atoms with van der Waals surface area (Å²) in [6, 6.07) is 11.7. The third kappa shape index (κ3) is 3.80. The largest absolute Gasteiger partial charge is 0.327 e.